The average Bonchev–Trinajstić information content (AvgIpc) is 2.78. The molecule has 0 rings (SSSR count). The van der Waals surface area contributed by atoms with Crippen LogP contribution in [0.15, 0.2) is 0 Å². The summed E-state index contributed by atoms with van der Waals surface area (Å²) in [4.78, 5) is 49.4. The van der Waals surface area contributed by atoms with Gasteiger partial charge in [-0.05, 0) is 48.0 Å². The maximum atomic E-state index is 13.0. The summed E-state index contributed by atoms with van der Waals surface area (Å²) >= 11 is 1.33. The molecule has 0 heterocycles. The summed E-state index contributed by atoms with van der Waals surface area (Å²) in [6.07, 6.45) is 4.90. The molecule has 0 saturated heterocycles. The molecule has 0 aliphatic rings. The van der Waals surface area contributed by atoms with Crippen LogP contribution in [-0.2, 0) is 33.3 Å². The van der Waals surface area contributed by atoms with Crippen LogP contribution in [0.1, 0.15) is 87.0 Å². The molecule has 11 heteroatoms. The van der Waals surface area contributed by atoms with Crippen LogP contribution in [0, 0.1) is 0 Å². The lowest BCUT2D eigenvalue weighted by molar-refractivity contribution is -0.148. The number of unbranched alkanes of at least 4 members (excludes halogenated alkanes) is 4. The Labute approximate surface area is 226 Å². The summed E-state index contributed by atoms with van der Waals surface area (Å²) in [5.41, 5.74) is -1.29. The van der Waals surface area contributed by atoms with E-state index in [0.29, 0.717) is 12.2 Å². The molecule has 2 amide bonds. The number of hydrogen-bond donors (Lipinski definition) is 2. The van der Waals surface area contributed by atoms with Gasteiger partial charge < -0.3 is 29.6 Å². The zero-order valence-corrected chi connectivity index (χ0v) is 24.7. The molecular formula is C26H48N2O8S. The summed E-state index contributed by atoms with van der Waals surface area (Å²) in [7, 11) is 1.22. The van der Waals surface area contributed by atoms with Gasteiger partial charge in [-0.3, -0.25) is 9.59 Å². The first-order valence-corrected chi connectivity index (χ1v) is 14.1. The van der Waals surface area contributed by atoms with Gasteiger partial charge in [-0.25, -0.2) is 9.59 Å². The highest BCUT2D eigenvalue weighted by Gasteiger charge is 2.30. The molecule has 0 fully saturated rings. The summed E-state index contributed by atoms with van der Waals surface area (Å²) in [5, 5.41) is 5.16. The summed E-state index contributed by atoms with van der Waals surface area (Å²) in [6.45, 7) is 12.9. The average molecular weight is 549 g/mol. The molecule has 0 aromatic heterocycles. The van der Waals surface area contributed by atoms with Crippen molar-refractivity contribution in [3.05, 3.63) is 0 Å². The van der Waals surface area contributed by atoms with E-state index in [1.165, 1.54) is 25.3 Å². The van der Waals surface area contributed by atoms with Crippen molar-refractivity contribution >= 4 is 35.7 Å². The van der Waals surface area contributed by atoms with Crippen LogP contribution in [-0.4, -0.2) is 79.1 Å². The van der Waals surface area contributed by atoms with Gasteiger partial charge in [-0.1, -0.05) is 32.6 Å². The van der Waals surface area contributed by atoms with E-state index in [1.54, 1.807) is 20.8 Å². The first kappa shape index (κ1) is 35.0. The molecule has 0 aromatic rings. The predicted molar refractivity (Wildman–Crippen MR) is 144 cm³/mol. The fourth-order valence-electron chi connectivity index (χ4n) is 2.91. The lowest BCUT2D eigenvalue weighted by atomic mass is 10.1. The highest BCUT2D eigenvalue weighted by Crippen LogP contribution is 2.11. The second-order valence-electron chi connectivity index (χ2n) is 10.7. The number of carbonyl (C=O) groups is 4. The molecule has 0 bridgehead atoms. The summed E-state index contributed by atoms with van der Waals surface area (Å²) in [6, 6.07) is -2.06. The number of esters is 2. The Morgan fingerprint density at radius 3 is 2.08 bits per heavy atom. The number of carbonyl (C=O) groups excluding carboxylic acids is 4. The van der Waals surface area contributed by atoms with Crippen molar-refractivity contribution in [2.24, 2.45) is 0 Å². The van der Waals surface area contributed by atoms with Gasteiger partial charge >= 0.3 is 18.0 Å². The van der Waals surface area contributed by atoms with E-state index in [4.69, 9.17) is 18.9 Å². The SMILES string of the molecule is CCCCCCCC(=O)OCCSCC(NC(=O)OC(C)(C)C)C(=O)NC(COC(C)(C)C)C(=O)OC. The smallest absolute Gasteiger partial charge is 0.408 e. The third kappa shape index (κ3) is 19.7. The Morgan fingerprint density at radius 1 is 0.865 bits per heavy atom. The van der Waals surface area contributed by atoms with Crippen molar-refractivity contribution in [3.8, 4) is 0 Å². The van der Waals surface area contributed by atoms with E-state index in [-0.39, 0.29) is 24.9 Å². The third-order valence-corrected chi connectivity index (χ3v) is 5.78. The zero-order valence-electron chi connectivity index (χ0n) is 23.9. The highest BCUT2D eigenvalue weighted by molar-refractivity contribution is 7.99. The number of hydrogen-bond acceptors (Lipinski definition) is 9. The van der Waals surface area contributed by atoms with Gasteiger partial charge in [0.15, 0.2) is 6.04 Å². The molecule has 0 aliphatic carbocycles. The van der Waals surface area contributed by atoms with E-state index < -0.39 is 41.3 Å². The van der Waals surface area contributed by atoms with Gasteiger partial charge in [-0.15, -0.1) is 0 Å². The third-order valence-electron chi connectivity index (χ3n) is 4.75. The van der Waals surface area contributed by atoms with Crippen LogP contribution >= 0.6 is 11.8 Å². The maximum absolute atomic E-state index is 13.0. The van der Waals surface area contributed by atoms with E-state index in [0.717, 1.165) is 25.7 Å². The van der Waals surface area contributed by atoms with Gasteiger partial charge in [-0.2, -0.15) is 11.8 Å². The van der Waals surface area contributed by atoms with Crippen LogP contribution in [0.5, 0.6) is 0 Å². The molecule has 2 N–H and O–H groups in total. The minimum Gasteiger partial charge on any atom is -0.467 e. The van der Waals surface area contributed by atoms with Crippen LogP contribution in [0.2, 0.25) is 0 Å². The number of thioether (sulfide) groups is 1. The maximum Gasteiger partial charge on any atom is 0.408 e. The van der Waals surface area contributed by atoms with Crippen molar-refractivity contribution < 1.29 is 38.1 Å². The molecule has 0 aromatic carbocycles. The predicted octanol–water partition coefficient (Wildman–Crippen LogP) is 3.99. The molecule has 0 aliphatic heterocycles. The van der Waals surface area contributed by atoms with Crippen molar-refractivity contribution in [2.75, 3.05) is 31.8 Å². The van der Waals surface area contributed by atoms with Gasteiger partial charge in [0.05, 0.1) is 19.3 Å². The van der Waals surface area contributed by atoms with Crippen LogP contribution in [0.25, 0.3) is 0 Å². The van der Waals surface area contributed by atoms with Gasteiger partial charge in [0.25, 0.3) is 0 Å². The van der Waals surface area contributed by atoms with E-state index in [1.807, 2.05) is 20.8 Å². The normalized spacial score (nSPS) is 13.3. The van der Waals surface area contributed by atoms with Gasteiger partial charge in [0.2, 0.25) is 5.91 Å². The fraction of sp³-hybridized carbons (Fsp3) is 0.846. The van der Waals surface area contributed by atoms with Crippen molar-refractivity contribution in [1.29, 1.82) is 0 Å². The first-order valence-electron chi connectivity index (χ1n) is 12.9. The van der Waals surface area contributed by atoms with Gasteiger partial charge in [0.1, 0.15) is 18.2 Å². The quantitative estimate of drug-likeness (QED) is 0.157. The van der Waals surface area contributed by atoms with E-state index >= 15 is 0 Å². The Kier molecular flexibility index (Phi) is 17.3. The zero-order chi connectivity index (χ0) is 28.5. The monoisotopic (exact) mass is 548 g/mol. The van der Waals surface area contributed by atoms with E-state index in [2.05, 4.69) is 17.6 Å². The Morgan fingerprint density at radius 2 is 1.51 bits per heavy atom. The summed E-state index contributed by atoms with van der Waals surface area (Å²) < 4.78 is 21.0. The molecule has 0 saturated carbocycles. The number of rotatable bonds is 17. The number of ether oxygens (including phenoxy) is 4. The number of alkyl carbamates (subject to hydrolysis) is 1. The van der Waals surface area contributed by atoms with Crippen LogP contribution in [0.3, 0.4) is 0 Å². The van der Waals surface area contributed by atoms with Crippen molar-refractivity contribution in [3.63, 3.8) is 0 Å². The Bertz CT molecular complexity index is 704. The van der Waals surface area contributed by atoms with Crippen LogP contribution in [0.4, 0.5) is 4.79 Å². The second-order valence-corrected chi connectivity index (χ2v) is 11.8. The largest absolute Gasteiger partial charge is 0.467 e. The standard InChI is InChI=1S/C26H48N2O8S/c1-9-10-11-12-13-14-21(29)34-15-16-37-18-20(28-24(32)36-26(5,6)7)22(30)27-19(23(31)33-8)17-35-25(2,3)4/h19-20H,9-18H2,1-8H3,(H,27,30)(H,28,32). The van der Waals surface area contributed by atoms with Gasteiger partial charge in [0, 0.05) is 17.9 Å². The Hall–Kier alpha value is -2.01. The minimum absolute atomic E-state index is 0.0946. The highest BCUT2D eigenvalue weighted by atomic mass is 32.2. The second kappa shape index (κ2) is 18.3. The molecule has 2 atom stereocenters. The van der Waals surface area contributed by atoms with Crippen molar-refractivity contribution in [1.82, 2.24) is 10.6 Å². The minimum atomic E-state index is -1.05. The fourth-order valence-corrected chi connectivity index (χ4v) is 3.75. The first-order chi connectivity index (χ1) is 17.2. The lowest BCUT2D eigenvalue weighted by Crippen LogP contribution is -2.55. The molecule has 0 spiro atoms. The van der Waals surface area contributed by atoms with Crippen LogP contribution < -0.4 is 10.6 Å². The van der Waals surface area contributed by atoms with Crippen molar-refractivity contribution in [2.45, 2.75) is 110 Å². The molecule has 216 valence electrons. The molecule has 37 heavy (non-hydrogen) atoms. The molecular weight excluding hydrogens is 500 g/mol. The van der Waals surface area contributed by atoms with E-state index in [9.17, 15) is 19.2 Å². The molecule has 10 nitrogen and oxygen atoms in total. The number of amides is 2. The lowest BCUT2D eigenvalue weighted by Gasteiger charge is -2.26. The number of nitrogens with one attached hydrogen (secondary N) is 2. The molecule has 0 radical (unpaired) electrons. The number of methoxy groups -OCH3 is 1. The Balaban J connectivity index is 4.93. The topological polar surface area (TPSA) is 129 Å². The summed E-state index contributed by atoms with van der Waals surface area (Å²) in [5.74, 6) is -0.876. The molecule has 2 unspecified atom stereocenters.